The van der Waals surface area contributed by atoms with Crippen LogP contribution in [0.5, 0.6) is 0 Å². The molecular weight excluding hydrogens is 207 g/mol. The Morgan fingerprint density at radius 1 is 1.62 bits per heavy atom. The number of carbonyl (C=O) groups is 1. The topological polar surface area (TPSA) is 32.3 Å². The van der Waals surface area contributed by atoms with Gasteiger partial charge in [-0.3, -0.25) is 4.79 Å². The molecule has 1 heterocycles. The molecule has 1 aliphatic heterocycles. The summed E-state index contributed by atoms with van der Waals surface area (Å²) in [7, 11) is 1.74. The summed E-state index contributed by atoms with van der Waals surface area (Å²) >= 11 is 0. The highest BCUT2D eigenvalue weighted by Crippen LogP contribution is 2.09. The quantitative estimate of drug-likeness (QED) is 0.835. The highest BCUT2D eigenvalue weighted by atomic mass is 19.1. The van der Waals surface area contributed by atoms with Crippen LogP contribution >= 0.6 is 0 Å². The van der Waals surface area contributed by atoms with Gasteiger partial charge in [0.25, 0.3) is 5.91 Å². The zero-order valence-electron chi connectivity index (χ0n) is 9.24. The molecule has 0 aliphatic carbocycles. The second-order valence-corrected chi connectivity index (χ2v) is 4.14. The average molecular weight is 222 g/mol. The van der Waals surface area contributed by atoms with Crippen molar-refractivity contribution in [1.82, 2.24) is 10.2 Å². The molecule has 0 saturated carbocycles. The monoisotopic (exact) mass is 222 g/mol. The van der Waals surface area contributed by atoms with Crippen molar-refractivity contribution in [3.63, 3.8) is 0 Å². The van der Waals surface area contributed by atoms with E-state index in [2.05, 4.69) is 5.32 Å². The number of hydrogen-bond acceptors (Lipinski definition) is 2. The number of amides is 1. The summed E-state index contributed by atoms with van der Waals surface area (Å²) in [5, 5.41) is 3.23. The van der Waals surface area contributed by atoms with E-state index < -0.39 is 0 Å². The number of nitrogens with zero attached hydrogens (tertiary/aromatic N) is 1. The highest BCUT2D eigenvalue weighted by molar-refractivity contribution is 5.94. The number of hydrogen-bond donors (Lipinski definition) is 1. The number of nitrogens with one attached hydrogen (secondary N) is 1. The lowest BCUT2D eigenvalue weighted by atomic mass is 10.1. The zero-order chi connectivity index (χ0) is 11.5. The van der Waals surface area contributed by atoms with Crippen molar-refractivity contribution in [2.24, 2.45) is 0 Å². The molecule has 1 fully saturated rings. The van der Waals surface area contributed by atoms with Crippen molar-refractivity contribution in [3.05, 3.63) is 35.6 Å². The fourth-order valence-corrected chi connectivity index (χ4v) is 1.76. The van der Waals surface area contributed by atoms with Crippen LogP contribution < -0.4 is 5.32 Å². The van der Waals surface area contributed by atoms with Gasteiger partial charge in [0.05, 0.1) is 0 Å². The third-order valence-electron chi connectivity index (χ3n) is 2.84. The van der Waals surface area contributed by atoms with Crippen molar-refractivity contribution in [1.29, 1.82) is 0 Å². The maximum absolute atomic E-state index is 12.9. The fraction of sp³-hybridized carbons (Fsp3) is 0.417. The molecule has 1 unspecified atom stereocenters. The Morgan fingerprint density at radius 2 is 2.38 bits per heavy atom. The Kier molecular flexibility index (Phi) is 3.19. The molecule has 16 heavy (non-hydrogen) atoms. The van der Waals surface area contributed by atoms with E-state index in [-0.39, 0.29) is 11.7 Å². The van der Waals surface area contributed by atoms with Crippen LogP contribution in [0.1, 0.15) is 16.8 Å². The van der Waals surface area contributed by atoms with Gasteiger partial charge in [0.1, 0.15) is 5.82 Å². The number of likely N-dealkylation sites (N-methyl/N-ethyl adjacent to an activating group) is 1. The normalized spacial score (nSPS) is 19.0. The van der Waals surface area contributed by atoms with Gasteiger partial charge in [-0.1, -0.05) is 6.07 Å². The Hall–Kier alpha value is -1.42. The molecule has 2 rings (SSSR count). The van der Waals surface area contributed by atoms with Gasteiger partial charge in [-0.25, -0.2) is 4.39 Å². The summed E-state index contributed by atoms with van der Waals surface area (Å²) < 4.78 is 12.9. The van der Waals surface area contributed by atoms with Gasteiger partial charge in [0.15, 0.2) is 0 Å². The minimum absolute atomic E-state index is 0.131. The number of carbonyl (C=O) groups excluding carboxylic acids is 1. The van der Waals surface area contributed by atoms with Crippen molar-refractivity contribution in [2.45, 2.75) is 12.5 Å². The van der Waals surface area contributed by atoms with E-state index in [1.165, 1.54) is 12.1 Å². The lowest BCUT2D eigenvalue weighted by Gasteiger charge is -2.31. The average Bonchev–Trinajstić information content (AvgIpc) is 2.22. The summed E-state index contributed by atoms with van der Waals surface area (Å²) in [5.74, 6) is -0.505. The molecule has 1 aromatic carbocycles. The van der Waals surface area contributed by atoms with Crippen molar-refractivity contribution >= 4 is 5.91 Å². The molecule has 1 aliphatic rings. The van der Waals surface area contributed by atoms with Crippen LogP contribution in [0.15, 0.2) is 24.3 Å². The first-order valence-corrected chi connectivity index (χ1v) is 5.41. The molecule has 86 valence electrons. The van der Waals surface area contributed by atoms with Gasteiger partial charge in [-0.2, -0.15) is 0 Å². The van der Waals surface area contributed by atoms with E-state index >= 15 is 0 Å². The molecule has 1 aromatic rings. The zero-order valence-corrected chi connectivity index (χ0v) is 9.24. The first-order chi connectivity index (χ1) is 7.66. The minimum atomic E-state index is -0.374. The predicted octanol–water partition coefficient (Wildman–Crippen LogP) is 1.26. The van der Waals surface area contributed by atoms with Crippen LogP contribution in [-0.2, 0) is 0 Å². The summed E-state index contributed by atoms with van der Waals surface area (Å²) in [5.41, 5.74) is 0.404. The molecule has 1 saturated heterocycles. The van der Waals surface area contributed by atoms with E-state index in [9.17, 15) is 9.18 Å². The lowest BCUT2D eigenvalue weighted by molar-refractivity contribution is 0.0766. The summed E-state index contributed by atoms with van der Waals surface area (Å²) in [6, 6.07) is 6.19. The Balaban J connectivity index is 2.00. The second-order valence-electron chi connectivity index (χ2n) is 4.14. The van der Waals surface area contributed by atoms with E-state index in [0.29, 0.717) is 18.2 Å². The van der Waals surface area contributed by atoms with E-state index in [1.807, 2.05) is 0 Å². The molecule has 1 amide bonds. The highest BCUT2D eigenvalue weighted by Gasteiger charge is 2.21. The van der Waals surface area contributed by atoms with E-state index in [0.717, 1.165) is 13.0 Å². The lowest BCUT2D eigenvalue weighted by Crippen LogP contribution is -2.50. The fourth-order valence-electron chi connectivity index (χ4n) is 1.76. The Labute approximate surface area is 94.3 Å². The molecule has 0 radical (unpaired) electrons. The molecule has 0 spiro atoms. The third-order valence-corrected chi connectivity index (χ3v) is 2.84. The largest absolute Gasteiger partial charge is 0.340 e. The van der Waals surface area contributed by atoms with Crippen LogP contribution in [0.25, 0.3) is 0 Å². The standard InChI is InChI=1S/C12H15FN2O/c1-15(8-11-5-6-14-11)12(16)9-3-2-4-10(13)7-9/h2-4,7,11,14H,5-6,8H2,1H3. The smallest absolute Gasteiger partial charge is 0.253 e. The molecule has 0 bridgehead atoms. The third kappa shape index (κ3) is 2.39. The van der Waals surface area contributed by atoms with Crippen molar-refractivity contribution in [2.75, 3.05) is 20.1 Å². The van der Waals surface area contributed by atoms with E-state index in [1.54, 1.807) is 24.1 Å². The van der Waals surface area contributed by atoms with Gasteiger partial charge >= 0.3 is 0 Å². The predicted molar refractivity (Wildman–Crippen MR) is 59.8 cm³/mol. The SMILES string of the molecule is CN(CC1CCN1)C(=O)c1cccc(F)c1. The number of rotatable bonds is 3. The first-order valence-electron chi connectivity index (χ1n) is 5.41. The molecule has 1 N–H and O–H groups in total. The second kappa shape index (κ2) is 4.61. The van der Waals surface area contributed by atoms with Crippen LogP contribution in [0.4, 0.5) is 4.39 Å². The van der Waals surface area contributed by atoms with Gasteiger partial charge in [-0.05, 0) is 31.2 Å². The molecular formula is C12H15FN2O. The van der Waals surface area contributed by atoms with Gasteiger partial charge in [0.2, 0.25) is 0 Å². The van der Waals surface area contributed by atoms with Gasteiger partial charge in [-0.15, -0.1) is 0 Å². The van der Waals surface area contributed by atoms with Crippen LogP contribution in [0.2, 0.25) is 0 Å². The number of benzene rings is 1. The molecule has 1 atom stereocenters. The van der Waals surface area contributed by atoms with Crippen LogP contribution in [-0.4, -0.2) is 37.0 Å². The maximum Gasteiger partial charge on any atom is 0.253 e. The molecule has 0 aromatic heterocycles. The first kappa shape index (κ1) is 11.1. The van der Waals surface area contributed by atoms with Crippen LogP contribution in [0.3, 0.4) is 0 Å². The van der Waals surface area contributed by atoms with E-state index in [4.69, 9.17) is 0 Å². The Morgan fingerprint density at radius 3 is 2.94 bits per heavy atom. The van der Waals surface area contributed by atoms with Gasteiger partial charge < -0.3 is 10.2 Å². The van der Waals surface area contributed by atoms with Crippen molar-refractivity contribution < 1.29 is 9.18 Å². The van der Waals surface area contributed by atoms with Crippen molar-refractivity contribution in [3.8, 4) is 0 Å². The number of halogens is 1. The van der Waals surface area contributed by atoms with Gasteiger partial charge in [0, 0.05) is 25.2 Å². The summed E-state index contributed by atoms with van der Waals surface area (Å²) in [6.07, 6.45) is 1.10. The van der Waals surface area contributed by atoms with Crippen LogP contribution in [0, 0.1) is 5.82 Å². The molecule has 3 nitrogen and oxygen atoms in total. The molecule has 4 heteroatoms. The summed E-state index contributed by atoms with van der Waals surface area (Å²) in [4.78, 5) is 13.5. The Bertz CT molecular complexity index is 390. The summed E-state index contributed by atoms with van der Waals surface area (Å²) in [6.45, 7) is 1.70. The minimum Gasteiger partial charge on any atom is -0.340 e. The maximum atomic E-state index is 12.9.